The number of nitrogens with two attached hydrogens (primary N) is 2. The Morgan fingerprint density at radius 3 is 2.67 bits per heavy atom. The topological polar surface area (TPSA) is 153 Å². The Balaban J connectivity index is 1.98. The van der Waals surface area contributed by atoms with Gasteiger partial charge < -0.3 is 16.8 Å². The summed E-state index contributed by atoms with van der Waals surface area (Å²) in [5, 5.41) is 10.5. The van der Waals surface area contributed by atoms with Crippen LogP contribution in [-0.4, -0.2) is 32.0 Å². The summed E-state index contributed by atoms with van der Waals surface area (Å²) in [6.45, 7) is 3.34. The molecule has 0 aliphatic heterocycles. The van der Waals surface area contributed by atoms with Crippen LogP contribution in [0.3, 0.4) is 0 Å². The summed E-state index contributed by atoms with van der Waals surface area (Å²) in [7, 11) is 0. The molecular formula is C21H19N7O2. The van der Waals surface area contributed by atoms with Gasteiger partial charge in [-0.05, 0) is 30.7 Å². The molecule has 9 heteroatoms. The van der Waals surface area contributed by atoms with E-state index in [2.05, 4.69) is 25.5 Å². The first-order valence-corrected chi connectivity index (χ1v) is 9.13. The minimum absolute atomic E-state index is 0.0696. The van der Waals surface area contributed by atoms with Gasteiger partial charge in [0.1, 0.15) is 0 Å². The average molecular weight is 401 g/mol. The van der Waals surface area contributed by atoms with E-state index in [1.807, 2.05) is 19.1 Å². The maximum Gasteiger partial charge on any atom is 0.269 e. The molecule has 4 aromatic rings. The highest BCUT2D eigenvalue weighted by Gasteiger charge is 2.21. The number of rotatable bonds is 4. The van der Waals surface area contributed by atoms with Crippen LogP contribution in [0, 0.1) is 6.92 Å². The van der Waals surface area contributed by atoms with E-state index < -0.39 is 5.91 Å². The van der Waals surface area contributed by atoms with Crippen LogP contribution in [0.4, 0.5) is 11.4 Å². The fourth-order valence-corrected chi connectivity index (χ4v) is 3.36. The van der Waals surface area contributed by atoms with Gasteiger partial charge in [-0.15, -0.1) is 0 Å². The lowest BCUT2D eigenvalue weighted by Gasteiger charge is -2.14. The highest BCUT2D eigenvalue weighted by molar-refractivity contribution is 6.04. The van der Waals surface area contributed by atoms with E-state index in [9.17, 15) is 9.59 Å². The molecule has 2 aromatic heterocycles. The highest BCUT2D eigenvalue weighted by atomic mass is 16.1. The molecule has 0 radical (unpaired) electrons. The second-order valence-corrected chi connectivity index (χ2v) is 6.87. The molecule has 0 unspecified atom stereocenters. The second kappa shape index (κ2) is 7.28. The van der Waals surface area contributed by atoms with E-state index in [0.717, 1.165) is 22.0 Å². The second-order valence-electron chi connectivity index (χ2n) is 6.87. The number of hydrogen-bond donors (Lipinski definition) is 4. The van der Waals surface area contributed by atoms with Crippen molar-refractivity contribution in [1.82, 2.24) is 20.2 Å². The van der Waals surface area contributed by atoms with E-state index in [-0.39, 0.29) is 23.1 Å². The number of aryl methyl sites for hydroxylation is 1. The van der Waals surface area contributed by atoms with Crippen molar-refractivity contribution in [3.8, 4) is 22.6 Å². The van der Waals surface area contributed by atoms with Gasteiger partial charge in [-0.3, -0.25) is 14.7 Å². The molecule has 150 valence electrons. The Morgan fingerprint density at radius 2 is 1.93 bits per heavy atom. The summed E-state index contributed by atoms with van der Waals surface area (Å²) < 4.78 is 0. The van der Waals surface area contributed by atoms with Crippen molar-refractivity contribution in [2.24, 2.45) is 5.73 Å². The van der Waals surface area contributed by atoms with Gasteiger partial charge in [0.05, 0.1) is 23.1 Å². The lowest BCUT2D eigenvalue weighted by atomic mass is 9.99. The number of hydrogen-bond acceptors (Lipinski definition) is 6. The lowest BCUT2D eigenvalue weighted by Crippen LogP contribution is -2.18. The first-order valence-electron chi connectivity index (χ1n) is 9.13. The zero-order chi connectivity index (χ0) is 21.4. The smallest absolute Gasteiger partial charge is 0.269 e. The van der Waals surface area contributed by atoms with Crippen molar-refractivity contribution < 1.29 is 9.59 Å². The fourth-order valence-electron chi connectivity index (χ4n) is 3.36. The number of amides is 2. The standard InChI is InChI=1S/C21H19N7O2/c1-10-6-7-15-14(9-24-28-15)16(10)18-17(22)19(20(23)30)27-21(26-18)12-4-3-5-13(8-12)25-11(2)29/h3-9H,22H2,1-2H3,(H2,23,30)(H,24,28)(H,25,29). The number of aromatic amines is 1. The number of nitrogens with one attached hydrogen (secondary N) is 2. The molecule has 0 spiro atoms. The number of anilines is 2. The van der Waals surface area contributed by atoms with Gasteiger partial charge in [0.2, 0.25) is 5.91 Å². The van der Waals surface area contributed by atoms with Crippen LogP contribution in [0.15, 0.2) is 42.6 Å². The SMILES string of the molecule is CC(=O)Nc1cccc(-c2nc(C(N)=O)c(N)c(-c3c(C)ccc4[nH]ncc34)n2)c1. The molecule has 30 heavy (non-hydrogen) atoms. The predicted molar refractivity (Wildman–Crippen MR) is 115 cm³/mol. The summed E-state index contributed by atoms with van der Waals surface area (Å²) in [5.74, 6) is -0.696. The number of fused-ring (bicyclic) bond motifs is 1. The summed E-state index contributed by atoms with van der Waals surface area (Å²) in [5.41, 5.74) is 15.9. The molecule has 0 atom stereocenters. The minimum Gasteiger partial charge on any atom is -0.395 e. The Bertz CT molecular complexity index is 1310. The number of primary amides is 1. The molecule has 6 N–H and O–H groups in total. The summed E-state index contributed by atoms with van der Waals surface area (Å²) in [4.78, 5) is 32.4. The maximum atomic E-state index is 12.1. The number of carbonyl (C=O) groups excluding carboxylic acids is 2. The molecule has 0 aliphatic rings. The van der Waals surface area contributed by atoms with E-state index in [1.54, 1.807) is 30.5 Å². The number of benzene rings is 2. The van der Waals surface area contributed by atoms with Gasteiger partial charge in [-0.1, -0.05) is 18.2 Å². The largest absolute Gasteiger partial charge is 0.395 e. The molecule has 0 saturated carbocycles. The molecule has 9 nitrogen and oxygen atoms in total. The Labute approximate surface area is 171 Å². The van der Waals surface area contributed by atoms with Crippen LogP contribution in [0.5, 0.6) is 0 Å². The van der Waals surface area contributed by atoms with Crippen LogP contribution in [0.1, 0.15) is 23.0 Å². The quantitative estimate of drug-likeness (QED) is 0.412. The third kappa shape index (κ3) is 3.32. The molecule has 4 rings (SSSR count). The number of H-pyrrole nitrogens is 1. The molecular weight excluding hydrogens is 382 g/mol. The van der Waals surface area contributed by atoms with Gasteiger partial charge in [-0.25, -0.2) is 9.97 Å². The zero-order valence-electron chi connectivity index (χ0n) is 16.4. The highest BCUT2D eigenvalue weighted by Crippen LogP contribution is 2.35. The molecule has 2 heterocycles. The van der Waals surface area contributed by atoms with Gasteiger partial charge in [0.25, 0.3) is 5.91 Å². The van der Waals surface area contributed by atoms with Gasteiger partial charge in [-0.2, -0.15) is 5.10 Å². The summed E-state index contributed by atoms with van der Waals surface area (Å²) in [6, 6.07) is 10.8. The molecule has 2 aromatic carbocycles. The van der Waals surface area contributed by atoms with Gasteiger partial charge in [0.15, 0.2) is 11.5 Å². The number of nitrogen functional groups attached to an aromatic ring is 1. The zero-order valence-corrected chi connectivity index (χ0v) is 16.4. The minimum atomic E-state index is -0.757. The molecule has 0 saturated heterocycles. The number of aromatic nitrogens is 4. The van der Waals surface area contributed by atoms with Crippen molar-refractivity contribution in [3.63, 3.8) is 0 Å². The average Bonchev–Trinajstić information content (AvgIpc) is 3.17. The van der Waals surface area contributed by atoms with Crippen molar-refractivity contribution in [2.75, 3.05) is 11.1 Å². The third-order valence-electron chi connectivity index (χ3n) is 4.69. The predicted octanol–water partition coefficient (Wildman–Crippen LogP) is 2.63. The van der Waals surface area contributed by atoms with Gasteiger partial charge in [0, 0.05) is 29.1 Å². The molecule has 0 aliphatic carbocycles. The third-order valence-corrected chi connectivity index (χ3v) is 4.69. The van der Waals surface area contributed by atoms with Crippen molar-refractivity contribution >= 4 is 34.1 Å². The normalized spacial score (nSPS) is 10.9. The van der Waals surface area contributed by atoms with Crippen LogP contribution in [0.25, 0.3) is 33.5 Å². The summed E-state index contributed by atoms with van der Waals surface area (Å²) >= 11 is 0. The van der Waals surface area contributed by atoms with Crippen molar-refractivity contribution in [1.29, 1.82) is 0 Å². The van der Waals surface area contributed by atoms with E-state index in [4.69, 9.17) is 11.5 Å². The maximum absolute atomic E-state index is 12.1. The lowest BCUT2D eigenvalue weighted by molar-refractivity contribution is -0.114. The Kier molecular flexibility index (Phi) is 4.63. The number of carbonyl (C=O) groups is 2. The Morgan fingerprint density at radius 1 is 1.13 bits per heavy atom. The van der Waals surface area contributed by atoms with Crippen LogP contribution in [-0.2, 0) is 4.79 Å². The van der Waals surface area contributed by atoms with Crippen LogP contribution in [0.2, 0.25) is 0 Å². The van der Waals surface area contributed by atoms with Crippen LogP contribution < -0.4 is 16.8 Å². The molecule has 0 fully saturated rings. The first-order chi connectivity index (χ1) is 14.3. The Hall–Kier alpha value is -4.27. The fraction of sp³-hybridized carbons (Fsp3) is 0.0952. The van der Waals surface area contributed by atoms with E-state index in [0.29, 0.717) is 16.9 Å². The van der Waals surface area contributed by atoms with E-state index >= 15 is 0 Å². The molecule has 2 amide bonds. The number of nitrogens with zero attached hydrogens (tertiary/aromatic N) is 3. The van der Waals surface area contributed by atoms with Crippen molar-refractivity contribution in [2.45, 2.75) is 13.8 Å². The van der Waals surface area contributed by atoms with Crippen molar-refractivity contribution in [3.05, 3.63) is 53.9 Å². The van der Waals surface area contributed by atoms with Gasteiger partial charge >= 0.3 is 0 Å². The first kappa shape index (κ1) is 19.1. The molecule has 0 bridgehead atoms. The van der Waals surface area contributed by atoms with Crippen LogP contribution >= 0.6 is 0 Å². The van der Waals surface area contributed by atoms with E-state index in [1.165, 1.54) is 6.92 Å². The summed E-state index contributed by atoms with van der Waals surface area (Å²) in [6.07, 6.45) is 1.68. The monoisotopic (exact) mass is 401 g/mol.